The van der Waals surface area contributed by atoms with Gasteiger partial charge >= 0.3 is 7.82 Å². The van der Waals surface area contributed by atoms with E-state index in [-0.39, 0.29) is 6.42 Å². The quantitative estimate of drug-likeness (QED) is 0.0224. The number of hydrogen-bond donors (Lipinski definition) is 9. The van der Waals surface area contributed by atoms with Crippen LogP contribution in [0.3, 0.4) is 0 Å². The molecule has 9 N–H and O–H groups in total. The third-order valence-corrected chi connectivity index (χ3v) is 11.0. The minimum Gasteiger partial charge on any atom is -0.393 e. The summed E-state index contributed by atoms with van der Waals surface area (Å²) in [6, 6.07) is -1.24. The number of aliphatic hydroxyl groups excluding tert-OH is 7. The zero-order valence-electron chi connectivity index (χ0n) is 33.1. The number of carbonyl (C=O) groups is 1. The molecule has 54 heavy (non-hydrogen) atoms. The predicted octanol–water partition coefficient (Wildman–Crippen LogP) is 5.64. The molecule has 1 aliphatic carbocycles. The Balaban J connectivity index is 2.61. The van der Waals surface area contributed by atoms with Gasteiger partial charge in [0, 0.05) is 0 Å². The lowest BCUT2D eigenvalue weighted by Crippen LogP contribution is -2.64. The van der Waals surface area contributed by atoms with Crippen LogP contribution in [0.25, 0.3) is 0 Å². The van der Waals surface area contributed by atoms with E-state index in [1.165, 1.54) is 83.1 Å². The van der Waals surface area contributed by atoms with E-state index in [1.54, 1.807) is 6.08 Å². The fourth-order valence-electron chi connectivity index (χ4n) is 6.53. The van der Waals surface area contributed by atoms with E-state index in [9.17, 15) is 50.0 Å². The molecule has 318 valence electrons. The number of rotatable bonds is 33. The summed E-state index contributed by atoms with van der Waals surface area (Å²) in [6.07, 6.45) is 17.2. The molecule has 0 aromatic carbocycles. The zero-order valence-corrected chi connectivity index (χ0v) is 34.0. The van der Waals surface area contributed by atoms with Crippen molar-refractivity contribution in [3.8, 4) is 0 Å². The van der Waals surface area contributed by atoms with Crippen molar-refractivity contribution in [1.29, 1.82) is 0 Å². The van der Waals surface area contributed by atoms with E-state index in [1.807, 2.05) is 0 Å². The summed E-state index contributed by atoms with van der Waals surface area (Å²) in [7, 11) is -5.13. The third kappa shape index (κ3) is 23.1. The van der Waals surface area contributed by atoms with Gasteiger partial charge in [-0.05, 0) is 44.9 Å². The maximum absolute atomic E-state index is 12.9. The number of nitrogens with one attached hydrogen (secondary N) is 1. The summed E-state index contributed by atoms with van der Waals surface area (Å²) >= 11 is 0. The predicted molar refractivity (Wildman–Crippen MR) is 210 cm³/mol. The number of carbonyl (C=O) groups excluding carboxylic acids is 1. The minimum absolute atomic E-state index is 0.255. The van der Waals surface area contributed by atoms with Crippen LogP contribution in [0.4, 0.5) is 0 Å². The van der Waals surface area contributed by atoms with Gasteiger partial charge in [0.15, 0.2) is 0 Å². The Morgan fingerprint density at radius 1 is 0.648 bits per heavy atom. The Morgan fingerprint density at radius 3 is 1.57 bits per heavy atom. The van der Waals surface area contributed by atoms with Crippen LogP contribution in [0.15, 0.2) is 24.3 Å². The molecule has 1 saturated carbocycles. The standard InChI is InChI=1S/C40H76NO12P/c1-3-5-7-9-11-13-15-16-17-18-19-21-23-25-27-31(42)29-34(44)41-32(33(43)28-26-24-22-20-14-12-10-8-6-4-2)30-52-54(50,51)53-40-38(48)36(46)35(45)37(47)39(40)49/h17-18,26,28,31-33,35-40,42-43,45-49H,3-16,19-25,27,29-30H2,1-2H3,(H,41,44)(H,50,51)/b18-17-,28-26+. The Morgan fingerprint density at radius 2 is 1.07 bits per heavy atom. The van der Waals surface area contributed by atoms with Crippen molar-refractivity contribution >= 4 is 13.7 Å². The molecule has 1 aliphatic rings. The Bertz CT molecular complexity index is 1030. The van der Waals surface area contributed by atoms with Crippen LogP contribution in [-0.2, 0) is 18.4 Å². The molecule has 0 aliphatic heterocycles. The summed E-state index contributed by atoms with van der Waals surface area (Å²) in [5, 5.41) is 74.1. The fourth-order valence-corrected chi connectivity index (χ4v) is 7.49. The molecule has 1 amide bonds. The molecule has 0 spiro atoms. The van der Waals surface area contributed by atoms with Crippen LogP contribution in [-0.4, -0.2) is 108 Å². The van der Waals surface area contributed by atoms with E-state index in [4.69, 9.17) is 9.05 Å². The highest BCUT2D eigenvalue weighted by atomic mass is 31.2. The van der Waals surface area contributed by atoms with E-state index in [0.29, 0.717) is 12.8 Å². The van der Waals surface area contributed by atoms with Gasteiger partial charge in [-0.15, -0.1) is 0 Å². The Kier molecular flexibility index (Phi) is 29.0. The van der Waals surface area contributed by atoms with E-state index in [2.05, 4.69) is 31.3 Å². The normalized spacial score (nSPS) is 24.9. The number of phosphoric acid groups is 1. The van der Waals surface area contributed by atoms with Crippen molar-refractivity contribution in [2.75, 3.05) is 6.61 Å². The molecule has 1 rings (SSSR count). The highest BCUT2D eigenvalue weighted by molar-refractivity contribution is 7.47. The molecule has 0 saturated heterocycles. The van der Waals surface area contributed by atoms with Crippen molar-refractivity contribution in [2.24, 2.45) is 0 Å². The van der Waals surface area contributed by atoms with E-state index in [0.717, 1.165) is 51.4 Å². The maximum atomic E-state index is 12.9. The molecule has 0 aromatic heterocycles. The summed E-state index contributed by atoms with van der Waals surface area (Å²) in [5.74, 6) is -0.605. The van der Waals surface area contributed by atoms with Crippen LogP contribution in [0.1, 0.15) is 162 Å². The summed E-state index contributed by atoms with van der Waals surface area (Å²) < 4.78 is 22.7. The highest BCUT2D eigenvalue weighted by Gasteiger charge is 2.51. The average molecular weight is 794 g/mol. The van der Waals surface area contributed by atoms with Gasteiger partial charge < -0.3 is 46.0 Å². The maximum Gasteiger partial charge on any atom is 0.472 e. The van der Waals surface area contributed by atoms with Crippen molar-refractivity contribution in [3.63, 3.8) is 0 Å². The first kappa shape index (κ1) is 50.8. The van der Waals surface area contributed by atoms with Gasteiger partial charge in [-0.3, -0.25) is 13.8 Å². The van der Waals surface area contributed by atoms with Gasteiger partial charge in [0.2, 0.25) is 5.91 Å². The number of phosphoric ester groups is 1. The highest BCUT2D eigenvalue weighted by Crippen LogP contribution is 2.47. The van der Waals surface area contributed by atoms with Crippen molar-refractivity contribution in [3.05, 3.63) is 24.3 Å². The molecule has 0 bridgehead atoms. The molecule has 0 radical (unpaired) electrons. The van der Waals surface area contributed by atoms with Gasteiger partial charge in [0.25, 0.3) is 0 Å². The molecule has 8 unspecified atom stereocenters. The van der Waals surface area contributed by atoms with Crippen LogP contribution < -0.4 is 5.32 Å². The van der Waals surface area contributed by atoms with Crippen LogP contribution in [0.2, 0.25) is 0 Å². The van der Waals surface area contributed by atoms with Crippen molar-refractivity contribution in [2.45, 2.75) is 216 Å². The molecule has 0 heterocycles. The average Bonchev–Trinajstić information content (AvgIpc) is 3.14. The number of aliphatic hydroxyl groups is 7. The molecular weight excluding hydrogens is 717 g/mol. The second-order valence-electron chi connectivity index (χ2n) is 15.0. The Hall–Kier alpha value is -1.22. The second kappa shape index (κ2) is 30.9. The molecular formula is C40H76NO12P. The smallest absolute Gasteiger partial charge is 0.393 e. The van der Waals surface area contributed by atoms with Crippen LogP contribution in [0, 0.1) is 0 Å². The fraction of sp³-hybridized carbons (Fsp3) is 0.875. The van der Waals surface area contributed by atoms with Crippen LogP contribution in [0.5, 0.6) is 0 Å². The van der Waals surface area contributed by atoms with Gasteiger partial charge in [-0.2, -0.15) is 0 Å². The first-order chi connectivity index (χ1) is 25.8. The second-order valence-corrected chi connectivity index (χ2v) is 16.4. The summed E-state index contributed by atoms with van der Waals surface area (Å²) in [6.45, 7) is 3.67. The number of unbranched alkanes of at least 4 members (excludes halogenated alkanes) is 18. The van der Waals surface area contributed by atoms with E-state index < -0.39 is 75.2 Å². The van der Waals surface area contributed by atoms with Gasteiger partial charge in [0.1, 0.15) is 36.6 Å². The first-order valence-electron chi connectivity index (χ1n) is 20.9. The zero-order chi connectivity index (χ0) is 40.2. The van der Waals surface area contributed by atoms with E-state index >= 15 is 0 Å². The largest absolute Gasteiger partial charge is 0.472 e. The molecule has 1 fully saturated rings. The molecule has 13 nitrogen and oxygen atoms in total. The van der Waals surface area contributed by atoms with Crippen molar-refractivity contribution < 1.29 is 59.0 Å². The topological polar surface area (TPSA) is 226 Å². The number of amides is 1. The number of hydrogen-bond acceptors (Lipinski definition) is 11. The Labute approximate surface area is 324 Å². The minimum atomic E-state index is -5.13. The molecule has 14 heteroatoms. The monoisotopic (exact) mass is 794 g/mol. The van der Waals surface area contributed by atoms with Gasteiger partial charge in [-0.1, -0.05) is 134 Å². The summed E-state index contributed by atoms with van der Waals surface area (Å²) in [4.78, 5) is 23.3. The lowest BCUT2D eigenvalue weighted by molar-refractivity contribution is -0.220. The lowest BCUT2D eigenvalue weighted by atomic mass is 9.85. The SMILES string of the molecule is CCCCCCCCC/C=C\CCCCCC(O)CC(=O)NC(COP(=O)(O)OC1C(O)C(O)C(O)C(O)C1O)C(O)/C=C/CCCCCCCCCC. The van der Waals surface area contributed by atoms with Gasteiger partial charge in [0.05, 0.1) is 31.3 Å². The number of allylic oxidation sites excluding steroid dienone is 3. The van der Waals surface area contributed by atoms with Gasteiger partial charge in [-0.25, -0.2) is 4.57 Å². The van der Waals surface area contributed by atoms with Crippen molar-refractivity contribution in [1.82, 2.24) is 5.32 Å². The summed E-state index contributed by atoms with van der Waals surface area (Å²) in [5.41, 5.74) is 0. The molecule has 8 atom stereocenters. The first-order valence-corrected chi connectivity index (χ1v) is 22.4. The molecule has 0 aromatic rings. The lowest BCUT2D eigenvalue weighted by Gasteiger charge is -2.41. The third-order valence-electron chi connectivity index (χ3n) is 10.0. The van der Waals surface area contributed by atoms with Crippen LogP contribution >= 0.6 is 7.82 Å².